The summed E-state index contributed by atoms with van der Waals surface area (Å²) in [7, 11) is 0. The molecule has 3 nitrogen and oxygen atoms in total. The van der Waals surface area contributed by atoms with E-state index >= 15 is 0 Å². The van der Waals surface area contributed by atoms with Crippen molar-refractivity contribution in [3.8, 4) is 0 Å². The van der Waals surface area contributed by atoms with Crippen molar-refractivity contribution in [2.45, 2.75) is 13.3 Å². The molecule has 0 aromatic heterocycles. The summed E-state index contributed by atoms with van der Waals surface area (Å²) in [5, 5.41) is 7.88. The van der Waals surface area contributed by atoms with Gasteiger partial charge in [0, 0.05) is 6.61 Å². The van der Waals surface area contributed by atoms with Gasteiger partial charge < -0.3 is 5.11 Å². The second-order valence-corrected chi connectivity index (χ2v) is 1.03. The molecule has 0 fully saturated rings. The van der Waals surface area contributed by atoms with Crippen LogP contribution in [0.25, 0.3) is 0 Å². The van der Waals surface area contributed by atoms with Gasteiger partial charge in [-0.1, -0.05) is 6.92 Å². The quantitative estimate of drug-likeness (QED) is 0.568. The number of hydrogen-bond acceptors (Lipinski definition) is 3. The molecule has 0 aliphatic heterocycles. The molecule has 7 heavy (non-hydrogen) atoms. The summed E-state index contributed by atoms with van der Waals surface area (Å²) < 4.78 is 16.9. The second-order valence-electron chi connectivity index (χ2n) is 0.798. The van der Waals surface area contributed by atoms with E-state index in [9.17, 15) is 0 Å². The topological polar surface area (TPSA) is 54.4 Å². The molecule has 0 saturated heterocycles. The Bertz CT molecular complexity index is 46.1. The van der Waals surface area contributed by atoms with Crippen molar-refractivity contribution in [2.24, 2.45) is 0 Å². The molecule has 0 atom stereocenters. The summed E-state index contributed by atoms with van der Waals surface area (Å²) in [6.45, 7) is 2.25. The van der Waals surface area contributed by atoms with Crippen LogP contribution in [0.5, 0.6) is 0 Å². The fourth-order valence-corrected chi connectivity index (χ4v) is 0. The van der Waals surface area contributed by atoms with Crippen LogP contribution in [0.1, 0.15) is 13.3 Å². The average molecular weight is 143 g/mol. The molecule has 0 aliphatic rings. The van der Waals surface area contributed by atoms with Crippen LogP contribution >= 0.6 is 0 Å². The monoisotopic (exact) mass is 143 g/mol. The molecular weight excluding hydrogens is 135 g/mol. The van der Waals surface area contributed by atoms with Crippen molar-refractivity contribution in [3.05, 3.63) is 0 Å². The molecule has 0 heterocycles. The molecule has 0 bridgehead atoms. The molecule has 0 spiro atoms. The van der Waals surface area contributed by atoms with Gasteiger partial charge >= 0.3 is 23.5 Å². The fraction of sp³-hybridized carbons (Fsp3) is 1.00. The van der Waals surface area contributed by atoms with Crippen molar-refractivity contribution in [3.63, 3.8) is 0 Å². The molecule has 0 rings (SSSR count). The summed E-state index contributed by atoms with van der Waals surface area (Å²) in [5.41, 5.74) is 0. The summed E-state index contributed by atoms with van der Waals surface area (Å²) in [5.74, 6) is 0. The van der Waals surface area contributed by atoms with E-state index in [1.165, 1.54) is 0 Å². The molecule has 0 saturated carbocycles. The normalized spacial score (nSPS) is 5.43. The van der Waals surface area contributed by atoms with Crippen molar-refractivity contribution >= 4 is 0 Å². The van der Waals surface area contributed by atoms with Crippen LogP contribution in [-0.4, -0.2) is 11.7 Å². The van der Waals surface area contributed by atoms with E-state index in [0.29, 0.717) is 6.61 Å². The maximum absolute atomic E-state index is 8.47. The SMILES string of the molecule is CCCO.[O]=[V]=[O]. The zero-order chi connectivity index (χ0) is 6.12. The first-order valence-electron chi connectivity index (χ1n) is 1.89. The summed E-state index contributed by atoms with van der Waals surface area (Å²) in [4.78, 5) is 0. The number of aliphatic hydroxyl groups is 1. The molecule has 43 valence electrons. The van der Waals surface area contributed by atoms with Crippen molar-refractivity contribution in [2.75, 3.05) is 6.61 Å². The molecular formula is C3H8O3V. The first-order chi connectivity index (χ1) is 3.33. The van der Waals surface area contributed by atoms with Crippen LogP contribution in [-0.2, 0) is 23.5 Å². The van der Waals surface area contributed by atoms with Gasteiger partial charge in [-0.3, -0.25) is 0 Å². The molecule has 0 aromatic carbocycles. The molecule has 0 amide bonds. The van der Waals surface area contributed by atoms with E-state index in [0.717, 1.165) is 6.42 Å². The Balaban J connectivity index is 0. The van der Waals surface area contributed by atoms with Gasteiger partial charge in [-0.25, -0.2) is 0 Å². The Labute approximate surface area is 49.3 Å². The van der Waals surface area contributed by atoms with Gasteiger partial charge in [-0.15, -0.1) is 0 Å². The van der Waals surface area contributed by atoms with Gasteiger partial charge in [-0.05, 0) is 6.42 Å². The fourth-order valence-electron chi connectivity index (χ4n) is 0. The third-order valence-corrected chi connectivity index (χ3v) is 0.224. The Morgan fingerprint density at radius 2 is 1.71 bits per heavy atom. The molecule has 0 radical (unpaired) electrons. The average Bonchev–Trinajstić information content (AvgIpc) is 1.69. The van der Waals surface area contributed by atoms with Crippen LogP contribution in [0, 0.1) is 0 Å². The Hall–Kier alpha value is 0.144. The van der Waals surface area contributed by atoms with Crippen LogP contribution in [0.2, 0.25) is 0 Å². The number of aliphatic hydroxyl groups excluding tert-OH is 1. The standard InChI is InChI=1S/C3H8O.2O.V/c1-2-3-4;;;/h4H,2-3H2,1H3;;;. The van der Waals surface area contributed by atoms with Gasteiger partial charge in [0.05, 0.1) is 0 Å². The van der Waals surface area contributed by atoms with E-state index < -0.39 is 16.2 Å². The first kappa shape index (κ1) is 10.2. The van der Waals surface area contributed by atoms with Gasteiger partial charge in [0.1, 0.15) is 0 Å². The van der Waals surface area contributed by atoms with Crippen molar-refractivity contribution < 1.29 is 28.6 Å². The third kappa shape index (κ3) is 80.6. The Kier molecular flexibility index (Phi) is 23.9. The molecule has 1 N–H and O–H groups in total. The summed E-state index contributed by atoms with van der Waals surface area (Å²) in [6, 6.07) is 0. The minimum atomic E-state index is -1.81. The summed E-state index contributed by atoms with van der Waals surface area (Å²) >= 11 is -1.81. The maximum atomic E-state index is 8.47. The van der Waals surface area contributed by atoms with Gasteiger partial charge in [0.25, 0.3) is 0 Å². The molecule has 4 heteroatoms. The summed E-state index contributed by atoms with van der Waals surface area (Å²) in [6.07, 6.45) is 0.875. The second kappa shape index (κ2) is 16.4. The molecule has 0 unspecified atom stereocenters. The third-order valence-electron chi connectivity index (χ3n) is 0.224. The Morgan fingerprint density at radius 3 is 1.71 bits per heavy atom. The van der Waals surface area contributed by atoms with E-state index in [-0.39, 0.29) is 0 Å². The predicted molar refractivity (Wildman–Crippen MR) is 18.7 cm³/mol. The molecule has 0 aliphatic carbocycles. The van der Waals surface area contributed by atoms with Crippen LogP contribution in [0.4, 0.5) is 0 Å². The van der Waals surface area contributed by atoms with E-state index in [2.05, 4.69) is 0 Å². The van der Waals surface area contributed by atoms with Crippen molar-refractivity contribution in [1.82, 2.24) is 0 Å². The van der Waals surface area contributed by atoms with E-state index in [1.807, 2.05) is 6.92 Å². The Morgan fingerprint density at radius 1 is 1.57 bits per heavy atom. The zero-order valence-corrected chi connectivity index (χ0v) is 5.52. The molecule has 0 aromatic rings. The number of hydrogen-bond donors (Lipinski definition) is 1. The van der Waals surface area contributed by atoms with E-state index in [4.69, 9.17) is 12.5 Å². The predicted octanol–water partition coefficient (Wildman–Crippen LogP) is 0.149. The van der Waals surface area contributed by atoms with Gasteiger partial charge in [0.15, 0.2) is 0 Å². The van der Waals surface area contributed by atoms with E-state index in [1.54, 1.807) is 0 Å². The van der Waals surface area contributed by atoms with Crippen LogP contribution in [0.3, 0.4) is 0 Å². The zero-order valence-electron chi connectivity index (χ0n) is 4.13. The van der Waals surface area contributed by atoms with Crippen LogP contribution in [0.15, 0.2) is 0 Å². The van der Waals surface area contributed by atoms with Gasteiger partial charge in [-0.2, -0.15) is 0 Å². The minimum absolute atomic E-state index is 0.319. The van der Waals surface area contributed by atoms with Crippen LogP contribution < -0.4 is 0 Å². The number of rotatable bonds is 1. The van der Waals surface area contributed by atoms with Gasteiger partial charge in [0.2, 0.25) is 0 Å². The first-order valence-corrected chi connectivity index (χ1v) is 3.03. The van der Waals surface area contributed by atoms with Crippen molar-refractivity contribution in [1.29, 1.82) is 0 Å².